The van der Waals surface area contributed by atoms with E-state index in [4.69, 9.17) is 9.47 Å². The number of amides is 1. The Labute approximate surface area is 211 Å². The van der Waals surface area contributed by atoms with Crippen molar-refractivity contribution < 1.29 is 41.0 Å². The first kappa shape index (κ1) is 26.9. The third kappa shape index (κ3) is 7.44. The molecular weight excluding hydrogens is 517 g/mol. The van der Waals surface area contributed by atoms with E-state index in [0.29, 0.717) is 12.8 Å². The molecular formula is C23H27F3N4O6S. The number of halogens is 3. The summed E-state index contributed by atoms with van der Waals surface area (Å²) in [6.45, 7) is 0.146. The molecule has 202 valence electrons. The van der Waals surface area contributed by atoms with Crippen LogP contribution >= 0.6 is 0 Å². The molecule has 0 bridgehead atoms. The van der Waals surface area contributed by atoms with Crippen LogP contribution in [0.25, 0.3) is 11.3 Å². The lowest BCUT2D eigenvalue weighted by molar-refractivity contribution is -0.142. The maximum atomic E-state index is 13.9. The first-order valence-electron chi connectivity index (χ1n) is 11.8. The van der Waals surface area contributed by atoms with E-state index in [9.17, 15) is 31.5 Å². The molecule has 0 unspecified atom stereocenters. The summed E-state index contributed by atoms with van der Waals surface area (Å²) in [5.41, 5.74) is -1.15. The van der Waals surface area contributed by atoms with Crippen LogP contribution in [0.4, 0.5) is 23.7 Å². The highest BCUT2D eigenvalue weighted by Crippen LogP contribution is 2.40. The van der Waals surface area contributed by atoms with Crippen molar-refractivity contribution in [3.63, 3.8) is 0 Å². The highest BCUT2D eigenvalue weighted by Gasteiger charge is 2.40. The van der Waals surface area contributed by atoms with Crippen LogP contribution in [0.5, 0.6) is 11.8 Å². The molecule has 0 aliphatic heterocycles. The van der Waals surface area contributed by atoms with Crippen LogP contribution in [-0.2, 0) is 16.2 Å². The van der Waals surface area contributed by atoms with E-state index in [-0.39, 0.29) is 29.5 Å². The Kier molecular flexibility index (Phi) is 7.78. The summed E-state index contributed by atoms with van der Waals surface area (Å²) in [5, 5.41) is 12.5. The Morgan fingerprint density at radius 1 is 1.08 bits per heavy atom. The molecule has 1 amide bonds. The molecule has 2 fully saturated rings. The Balaban J connectivity index is 1.67. The van der Waals surface area contributed by atoms with Gasteiger partial charge in [0.25, 0.3) is 5.88 Å². The number of ether oxygens (including phenoxy) is 2. The third-order valence-corrected chi connectivity index (χ3v) is 6.54. The predicted octanol–water partition coefficient (Wildman–Crippen LogP) is 3.71. The van der Waals surface area contributed by atoms with Gasteiger partial charge in [0.2, 0.25) is 21.6 Å². The van der Waals surface area contributed by atoms with Crippen LogP contribution in [-0.4, -0.2) is 54.6 Å². The van der Waals surface area contributed by atoms with E-state index in [1.165, 1.54) is 24.3 Å². The van der Waals surface area contributed by atoms with Gasteiger partial charge in [-0.1, -0.05) is 25.0 Å². The molecule has 2 atom stereocenters. The van der Waals surface area contributed by atoms with Gasteiger partial charge < -0.3 is 19.9 Å². The number of nitrogens with one attached hydrogen (secondary N) is 2. The second-order valence-corrected chi connectivity index (χ2v) is 11.0. The molecule has 2 aliphatic rings. The second-order valence-electron chi connectivity index (χ2n) is 9.23. The van der Waals surface area contributed by atoms with Crippen LogP contribution in [0.3, 0.4) is 0 Å². The molecule has 4 rings (SSSR count). The largest absolute Gasteiger partial charge is 0.476 e. The summed E-state index contributed by atoms with van der Waals surface area (Å²) in [4.78, 5) is 20.1. The van der Waals surface area contributed by atoms with Gasteiger partial charge in [-0.15, -0.1) is 0 Å². The van der Waals surface area contributed by atoms with Crippen molar-refractivity contribution in [1.29, 1.82) is 0 Å². The normalized spacial score (nSPS) is 20.2. The maximum Gasteiger partial charge on any atom is 0.438 e. The second kappa shape index (κ2) is 10.7. The van der Waals surface area contributed by atoms with Crippen molar-refractivity contribution in [1.82, 2.24) is 15.3 Å². The van der Waals surface area contributed by atoms with E-state index < -0.39 is 51.9 Å². The van der Waals surface area contributed by atoms with Gasteiger partial charge in [-0.3, -0.25) is 4.72 Å². The minimum atomic E-state index is -5.01. The maximum absolute atomic E-state index is 13.9. The fraction of sp³-hybridized carbons (Fsp3) is 0.522. The minimum absolute atomic E-state index is 0.111. The van der Waals surface area contributed by atoms with Gasteiger partial charge in [0.15, 0.2) is 0 Å². The number of hydrogen-bond donors (Lipinski definition) is 3. The molecule has 0 radical (unpaired) electrons. The quantitative estimate of drug-likeness (QED) is 0.457. The Morgan fingerprint density at radius 3 is 2.35 bits per heavy atom. The molecule has 2 aromatic rings. The fourth-order valence-electron chi connectivity index (χ4n) is 3.89. The number of rotatable bonds is 8. The lowest BCUT2D eigenvalue weighted by Gasteiger charge is -2.27. The zero-order valence-electron chi connectivity index (χ0n) is 19.9. The summed E-state index contributed by atoms with van der Waals surface area (Å²) >= 11 is 0. The van der Waals surface area contributed by atoms with Gasteiger partial charge in [0.05, 0.1) is 25.0 Å². The number of nitrogens with zero attached hydrogens (tertiary/aromatic N) is 2. The highest BCUT2D eigenvalue weighted by atomic mass is 32.2. The summed E-state index contributed by atoms with van der Waals surface area (Å²) in [7, 11) is -3.54. The number of aromatic nitrogens is 2. The lowest BCUT2D eigenvalue weighted by Crippen LogP contribution is -2.46. The molecule has 2 saturated carbocycles. The van der Waals surface area contributed by atoms with E-state index in [2.05, 4.69) is 20.0 Å². The number of carbonyl (C=O) groups excluding carboxylic acids is 1. The van der Waals surface area contributed by atoms with Crippen LogP contribution in [0.2, 0.25) is 0 Å². The van der Waals surface area contributed by atoms with Crippen LogP contribution < -0.4 is 19.5 Å². The zero-order valence-corrected chi connectivity index (χ0v) is 20.7. The number of carbonyl (C=O) groups is 1. The fourth-order valence-corrected chi connectivity index (χ4v) is 4.45. The number of hydrogen-bond acceptors (Lipinski definition) is 8. The van der Waals surface area contributed by atoms with Crippen molar-refractivity contribution in [3.8, 4) is 23.0 Å². The van der Waals surface area contributed by atoms with Gasteiger partial charge in [-0.2, -0.15) is 13.2 Å². The molecule has 1 aromatic heterocycles. The Hall–Kier alpha value is -3.13. The SMILES string of the molecule is CS(=O)(=O)Nc1ccc(-c2nc(OC(=O)N[C@@H]3CCCC[C@H]3O)c(C(F)(F)F)nc2OCC2CC2)cc1. The van der Waals surface area contributed by atoms with E-state index in [1.807, 2.05) is 0 Å². The summed E-state index contributed by atoms with van der Waals surface area (Å²) in [5.74, 6) is -1.25. The summed E-state index contributed by atoms with van der Waals surface area (Å²) in [6.07, 6.45) is -1.84. The standard InChI is InChI=1S/C23H27F3N4O6S/c1-37(33,34)30-15-10-8-14(9-11-15)18-20(35-12-13-6-7-13)29-19(23(24,25)26)21(28-18)36-22(32)27-16-4-2-3-5-17(16)31/h8-11,13,16-17,30-31H,2-7,12H2,1H3,(H,27,32)/t16-,17-/m1/s1. The van der Waals surface area contributed by atoms with Gasteiger partial charge >= 0.3 is 12.3 Å². The number of aliphatic hydroxyl groups is 1. The van der Waals surface area contributed by atoms with Gasteiger partial charge in [-0.25, -0.2) is 23.2 Å². The number of alkyl halides is 3. The van der Waals surface area contributed by atoms with Crippen LogP contribution in [0.15, 0.2) is 24.3 Å². The molecule has 2 aliphatic carbocycles. The zero-order chi connectivity index (χ0) is 26.8. The van der Waals surface area contributed by atoms with Gasteiger partial charge in [0.1, 0.15) is 5.69 Å². The average Bonchev–Trinajstić information content (AvgIpc) is 3.63. The Bertz CT molecular complexity index is 1240. The van der Waals surface area contributed by atoms with Crippen molar-refractivity contribution in [2.75, 3.05) is 17.6 Å². The first-order valence-corrected chi connectivity index (χ1v) is 13.6. The molecule has 14 heteroatoms. The predicted molar refractivity (Wildman–Crippen MR) is 127 cm³/mol. The summed E-state index contributed by atoms with van der Waals surface area (Å²) < 4.78 is 77.4. The molecule has 37 heavy (non-hydrogen) atoms. The lowest BCUT2D eigenvalue weighted by atomic mass is 9.93. The van der Waals surface area contributed by atoms with E-state index in [0.717, 1.165) is 31.9 Å². The molecule has 1 aromatic carbocycles. The third-order valence-electron chi connectivity index (χ3n) is 5.94. The molecule has 1 heterocycles. The Morgan fingerprint density at radius 2 is 1.76 bits per heavy atom. The molecule has 0 saturated heterocycles. The topological polar surface area (TPSA) is 140 Å². The first-order chi connectivity index (χ1) is 17.4. The monoisotopic (exact) mass is 544 g/mol. The summed E-state index contributed by atoms with van der Waals surface area (Å²) in [6, 6.07) is 5.00. The minimum Gasteiger partial charge on any atom is -0.476 e. The average molecular weight is 545 g/mol. The smallest absolute Gasteiger partial charge is 0.438 e. The number of sulfonamides is 1. The number of anilines is 1. The van der Waals surface area contributed by atoms with Gasteiger partial charge in [0, 0.05) is 11.3 Å². The number of benzene rings is 1. The van der Waals surface area contributed by atoms with E-state index >= 15 is 0 Å². The van der Waals surface area contributed by atoms with Gasteiger partial charge in [-0.05, 0) is 43.7 Å². The molecule has 3 N–H and O–H groups in total. The number of aliphatic hydroxyl groups excluding tert-OH is 1. The highest BCUT2D eigenvalue weighted by molar-refractivity contribution is 7.92. The van der Waals surface area contributed by atoms with Crippen molar-refractivity contribution in [2.24, 2.45) is 5.92 Å². The van der Waals surface area contributed by atoms with E-state index in [1.54, 1.807) is 0 Å². The van der Waals surface area contributed by atoms with Crippen molar-refractivity contribution in [3.05, 3.63) is 30.0 Å². The molecule has 10 nitrogen and oxygen atoms in total. The van der Waals surface area contributed by atoms with Crippen molar-refractivity contribution in [2.45, 2.75) is 56.8 Å². The van der Waals surface area contributed by atoms with Crippen molar-refractivity contribution >= 4 is 21.8 Å². The van der Waals surface area contributed by atoms with Crippen LogP contribution in [0.1, 0.15) is 44.2 Å². The molecule has 0 spiro atoms. The van der Waals surface area contributed by atoms with Crippen LogP contribution in [0, 0.1) is 5.92 Å².